The molecule has 9 heteroatoms. The highest BCUT2D eigenvalue weighted by molar-refractivity contribution is 7.92. The lowest BCUT2D eigenvalue weighted by molar-refractivity contribution is 0.0769. The van der Waals surface area contributed by atoms with Gasteiger partial charge in [-0.15, -0.1) is 0 Å². The number of aryl methyl sites for hydroxylation is 2. The van der Waals surface area contributed by atoms with E-state index in [4.69, 9.17) is 0 Å². The molecule has 1 aliphatic heterocycles. The largest absolute Gasteiger partial charge is 0.337 e. The summed E-state index contributed by atoms with van der Waals surface area (Å²) >= 11 is 0. The second-order valence-electron chi connectivity index (χ2n) is 6.90. The van der Waals surface area contributed by atoms with Crippen LogP contribution >= 0.6 is 0 Å². The summed E-state index contributed by atoms with van der Waals surface area (Å²) in [4.78, 5) is 14.3. The molecule has 1 heterocycles. The van der Waals surface area contributed by atoms with Gasteiger partial charge in [-0.1, -0.05) is 18.2 Å². The summed E-state index contributed by atoms with van der Waals surface area (Å²) in [5.41, 5.74) is 2.24. The fraction of sp³-hybridized carbons (Fsp3) is 0.316. The molecule has 2 aromatic rings. The van der Waals surface area contributed by atoms with E-state index in [0.29, 0.717) is 11.3 Å². The van der Waals surface area contributed by atoms with E-state index in [0.717, 1.165) is 5.56 Å². The number of sulfonamides is 1. The maximum absolute atomic E-state index is 12.8. The molecule has 0 unspecified atom stereocenters. The van der Waals surface area contributed by atoms with Gasteiger partial charge in [0, 0.05) is 24.3 Å². The first kappa shape index (κ1) is 20.3. The third-order valence-corrected chi connectivity index (χ3v) is 7.64. The lowest BCUT2D eigenvalue weighted by atomic mass is 10.1. The van der Waals surface area contributed by atoms with Crippen LogP contribution in [0.1, 0.15) is 21.5 Å². The second kappa shape index (κ2) is 7.56. The van der Waals surface area contributed by atoms with Crippen LogP contribution in [0.5, 0.6) is 0 Å². The van der Waals surface area contributed by atoms with Gasteiger partial charge in [-0.3, -0.25) is 9.52 Å². The Hall–Kier alpha value is -2.39. The van der Waals surface area contributed by atoms with E-state index in [-0.39, 0.29) is 41.0 Å². The van der Waals surface area contributed by atoms with E-state index < -0.39 is 19.9 Å². The number of carbonyl (C=O) groups is 1. The van der Waals surface area contributed by atoms with Crippen molar-refractivity contribution in [1.29, 1.82) is 0 Å². The molecule has 0 aliphatic carbocycles. The third kappa shape index (κ3) is 4.53. The van der Waals surface area contributed by atoms with E-state index in [1.807, 2.05) is 13.0 Å². The number of rotatable bonds is 4. The quantitative estimate of drug-likeness (QED) is 0.812. The van der Waals surface area contributed by atoms with Crippen molar-refractivity contribution in [2.45, 2.75) is 18.7 Å². The zero-order chi connectivity index (χ0) is 20.5. The monoisotopic (exact) mass is 422 g/mol. The lowest BCUT2D eigenvalue weighted by Gasteiger charge is -2.27. The van der Waals surface area contributed by atoms with Crippen molar-refractivity contribution >= 4 is 31.5 Å². The van der Waals surface area contributed by atoms with Crippen LogP contribution in [0, 0.1) is 13.8 Å². The van der Waals surface area contributed by atoms with Gasteiger partial charge >= 0.3 is 0 Å². The third-order valence-electron chi connectivity index (χ3n) is 4.65. The van der Waals surface area contributed by atoms with E-state index >= 15 is 0 Å². The van der Waals surface area contributed by atoms with Crippen LogP contribution in [-0.4, -0.2) is 52.2 Å². The van der Waals surface area contributed by atoms with Crippen LogP contribution in [0.2, 0.25) is 0 Å². The normalized spacial score (nSPS) is 16.6. The topological polar surface area (TPSA) is 101 Å². The van der Waals surface area contributed by atoms with Crippen molar-refractivity contribution in [3.05, 3.63) is 59.2 Å². The summed E-state index contributed by atoms with van der Waals surface area (Å²) in [6.45, 7) is 3.80. The SMILES string of the molecule is Cc1cccc(NS(=O)(=O)c2ccc(C)c(C(=O)N3CCS(=O)(=O)CC3)c2)c1. The van der Waals surface area contributed by atoms with Crippen molar-refractivity contribution < 1.29 is 21.6 Å². The molecule has 0 aromatic heterocycles. The fourth-order valence-electron chi connectivity index (χ4n) is 3.01. The zero-order valence-electron chi connectivity index (χ0n) is 15.7. The summed E-state index contributed by atoms with van der Waals surface area (Å²) in [7, 11) is -6.98. The lowest BCUT2D eigenvalue weighted by Crippen LogP contribution is -2.44. The molecule has 1 amide bonds. The number of amides is 1. The van der Waals surface area contributed by atoms with Crippen molar-refractivity contribution in [3.63, 3.8) is 0 Å². The Bertz CT molecular complexity index is 1110. The molecule has 0 atom stereocenters. The van der Waals surface area contributed by atoms with E-state index in [1.165, 1.54) is 17.0 Å². The van der Waals surface area contributed by atoms with Crippen LogP contribution in [0.25, 0.3) is 0 Å². The van der Waals surface area contributed by atoms with Gasteiger partial charge in [-0.2, -0.15) is 0 Å². The minimum Gasteiger partial charge on any atom is -0.337 e. The molecule has 7 nitrogen and oxygen atoms in total. The van der Waals surface area contributed by atoms with Gasteiger partial charge < -0.3 is 4.90 Å². The maximum atomic E-state index is 12.8. The van der Waals surface area contributed by atoms with Crippen LogP contribution in [0.15, 0.2) is 47.4 Å². The van der Waals surface area contributed by atoms with Crippen molar-refractivity contribution in [1.82, 2.24) is 4.90 Å². The van der Waals surface area contributed by atoms with E-state index in [9.17, 15) is 21.6 Å². The number of benzene rings is 2. The first-order valence-corrected chi connectivity index (χ1v) is 12.1. The minimum atomic E-state index is -3.87. The Balaban J connectivity index is 1.87. The Labute approximate surface area is 165 Å². The number of nitrogens with zero attached hydrogens (tertiary/aromatic N) is 1. The number of nitrogens with one attached hydrogen (secondary N) is 1. The van der Waals surface area contributed by atoms with Crippen molar-refractivity contribution in [3.8, 4) is 0 Å². The minimum absolute atomic E-state index is 0.0208. The molecule has 1 fully saturated rings. The summed E-state index contributed by atoms with van der Waals surface area (Å²) in [6, 6.07) is 11.4. The standard InChI is InChI=1S/C19H22N2O5S2/c1-14-4-3-5-16(12-14)20-28(25,26)17-7-6-15(2)18(13-17)19(22)21-8-10-27(23,24)11-9-21/h3-7,12-13,20H,8-11H2,1-2H3. The summed E-state index contributed by atoms with van der Waals surface area (Å²) in [6.07, 6.45) is 0. The van der Waals surface area contributed by atoms with Gasteiger partial charge in [0.05, 0.1) is 16.4 Å². The highest BCUT2D eigenvalue weighted by atomic mass is 32.2. The molecular formula is C19H22N2O5S2. The van der Waals surface area contributed by atoms with Crippen LogP contribution in [0.4, 0.5) is 5.69 Å². The van der Waals surface area contributed by atoms with Gasteiger partial charge in [-0.05, 0) is 49.2 Å². The number of hydrogen-bond donors (Lipinski definition) is 1. The van der Waals surface area contributed by atoms with Gasteiger partial charge in [0.15, 0.2) is 9.84 Å². The first-order valence-electron chi connectivity index (χ1n) is 8.77. The number of hydrogen-bond acceptors (Lipinski definition) is 5. The molecule has 28 heavy (non-hydrogen) atoms. The predicted molar refractivity (Wildman–Crippen MR) is 108 cm³/mol. The van der Waals surface area contributed by atoms with Gasteiger partial charge in [-0.25, -0.2) is 16.8 Å². The average Bonchev–Trinajstić information content (AvgIpc) is 2.61. The molecule has 1 N–H and O–H groups in total. The van der Waals surface area contributed by atoms with Crippen LogP contribution in [-0.2, 0) is 19.9 Å². The molecule has 3 rings (SSSR count). The Morgan fingerprint density at radius 3 is 2.36 bits per heavy atom. The summed E-state index contributed by atoms with van der Waals surface area (Å²) in [5, 5.41) is 0. The first-order chi connectivity index (χ1) is 13.1. The van der Waals surface area contributed by atoms with Crippen LogP contribution in [0.3, 0.4) is 0 Å². The molecule has 2 aromatic carbocycles. The summed E-state index contributed by atoms with van der Waals surface area (Å²) in [5.74, 6) is -0.518. The van der Waals surface area contributed by atoms with Crippen molar-refractivity contribution in [2.24, 2.45) is 0 Å². The van der Waals surface area contributed by atoms with Gasteiger partial charge in [0.25, 0.3) is 15.9 Å². The van der Waals surface area contributed by atoms with E-state index in [1.54, 1.807) is 31.2 Å². The molecular weight excluding hydrogens is 400 g/mol. The number of carbonyl (C=O) groups excluding carboxylic acids is 1. The fourth-order valence-corrected chi connectivity index (χ4v) is 5.28. The number of anilines is 1. The smallest absolute Gasteiger partial charge is 0.261 e. The zero-order valence-corrected chi connectivity index (χ0v) is 17.3. The maximum Gasteiger partial charge on any atom is 0.261 e. The van der Waals surface area contributed by atoms with Crippen molar-refractivity contribution in [2.75, 3.05) is 29.3 Å². The van der Waals surface area contributed by atoms with E-state index in [2.05, 4.69) is 4.72 Å². The van der Waals surface area contributed by atoms with Gasteiger partial charge in [0.1, 0.15) is 0 Å². The molecule has 0 bridgehead atoms. The summed E-state index contributed by atoms with van der Waals surface area (Å²) < 4.78 is 51.2. The Kier molecular flexibility index (Phi) is 5.49. The predicted octanol–water partition coefficient (Wildman–Crippen LogP) is 1.97. The highest BCUT2D eigenvalue weighted by Gasteiger charge is 2.27. The Morgan fingerprint density at radius 2 is 1.71 bits per heavy atom. The molecule has 1 saturated heterocycles. The van der Waals surface area contributed by atoms with Crippen LogP contribution < -0.4 is 4.72 Å². The Morgan fingerprint density at radius 1 is 1.04 bits per heavy atom. The highest BCUT2D eigenvalue weighted by Crippen LogP contribution is 2.21. The second-order valence-corrected chi connectivity index (χ2v) is 10.9. The molecule has 0 radical (unpaired) electrons. The molecule has 150 valence electrons. The molecule has 1 aliphatic rings. The number of sulfone groups is 1. The molecule has 0 saturated carbocycles. The molecule has 0 spiro atoms. The average molecular weight is 423 g/mol. The van der Waals surface area contributed by atoms with Gasteiger partial charge in [0.2, 0.25) is 0 Å².